The molecule has 0 atom stereocenters. The van der Waals surface area contributed by atoms with Crippen LogP contribution in [0.2, 0.25) is 0 Å². The Morgan fingerprint density at radius 3 is 1.09 bits per heavy atom. The van der Waals surface area contributed by atoms with Crippen LogP contribution in [0, 0.1) is 13.3 Å². The van der Waals surface area contributed by atoms with Gasteiger partial charge in [-0.2, -0.15) is 0 Å². The number of nitrogens with zero attached hydrogens (tertiary/aromatic N) is 1. The van der Waals surface area contributed by atoms with Crippen molar-refractivity contribution in [2.45, 2.75) is 34.6 Å². The first-order valence-corrected chi connectivity index (χ1v) is 12.6. The normalized spacial score (nSPS) is 15.2. The van der Waals surface area contributed by atoms with Crippen molar-refractivity contribution in [1.29, 1.82) is 0 Å². The average Bonchev–Trinajstić information content (AvgIpc) is 2.85. The second kappa shape index (κ2) is 12.6. The van der Waals surface area contributed by atoms with Gasteiger partial charge in [0.05, 0.1) is 0 Å². The molecule has 0 aliphatic heterocycles. The van der Waals surface area contributed by atoms with E-state index in [0.29, 0.717) is 5.69 Å². The third kappa shape index (κ3) is 18.3. The van der Waals surface area contributed by atoms with E-state index in [0.717, 1.165) is 5.69 Å². The van der Waals surface area contributed by atoms with Crippen LogP contribution < -0.4 is 0 Å². The third-order valence-electron chi connectivity index (χ3n) is 4.45. The Labute approximate surface area is 204 Å². The van der Waals surface area contributed by atoms with Gasteiger partial charge in [0.2, 0.25) is 0 Å². The van der Waals surface area contributed by atoms with Crippen molar-refractivity contribution in [3.63, 3.8) is 0 Å². The number of allylic oxidation sites excluding steroid dienone is 4. The Hall–Kier alpha value is -1.78. The van der Waals surface area contributed by atoms with E-state index >= 15 is 0 Å². The van der Waals surface area contributed by atoms with E-state index in [4.69, 9.17) is 5.73 Å². The molecule has 187 valence electrons. The monoisotopic (exact) mass is 662 g/mol. The second-order valence-corrected chi connectivity index (χ2v) is 9.45. The van der Waals surface area contributed by atoms with Gasteiger partial charge >= 0.3 is 92.1 Å². The summed E-state index contributed by atoms with van der Waals surface area (Å²) in [6.45, 7) is 11.0. The zero-order chi connectivity index (χ0) is 25.2. The first kappa shape index (κ1) is 33.4. The number of nitrogens with one attached hydrogen (secondary N) is 1. The molecule has 0 heterocycles. The van der Waals surface area contributed by atoms with E-state index in [1.807, 2.05) is 48.5 Å². The molecule has 1 aliphatic carbocycles. The summed E-state index contributed by atoms with van der Waals surface area (Å²) in [5.41, 5.74) is 14.5. The standard InChI is InChI=1S/C10H15.C6H6N.C6H5N.CH3.F6P.W/c1-6-7(2)9(4)10(5)8(6)3;2*7-6-4-2-1-3-5-6;;1-7(2,3,4,5)6;/h1-5H3;1-5,7H;1-5H;1H3;;/q;-1;;2*-1;. The number of halogens is 6. The van der Waals surface area contributed by atoms with Crippen molar-refractivity contribution >= 4 is 19.2 Å². The average molecular weight is 662 g/mol. The zero-order valence-electron chi connectivity index (χ0n) is 19.3. The van der Waals surface area contributed by atoms with Crippen LogP contribution in [0.1, 0.15) is 34.6 Å². The van der Waals surface area contributed by atoms with E-state index in [1.165, 1.54) is 47.8 Å². The summed E-state index contributed by atoms with van der Waals surface area (Å²) in [5, 5.41) is 0. The molecule has 10 heteroatoms. The Balaban J connectivity index is 0. The van der Waals surface area contributed by atoms with E-state index in [9.17, 15) is 25.2 Å². The van der Waals surface area contributed by atoms with E-state index in [2.05, 4.69) is 38.1 Å². The molecule has 1 aliphatic rings. The van der Waals surface area contributed by atoms with Crippen LogP contribution in [0.25, 0.3) is 5.73 Å². The molecule has 3 rings (SSSR count). The fourth-order valence-corrected chi connectivity index (χ4v) is 2.77. The molecule has 0 saturated carbocycles. The summed E-state index contributed by atoms with van der Waals surface area (Å²) in [5.74, 6) is 1.47. The number of hydrogen-bond donors (Lipinski definition) is 0. The SMILES string of the molecule is C[C]1C(C)=C(C)C(C)=C1C.F[P-](F)(F)(F)(F)F.[CH3-].[NH-]c1ccccc1.[W]=[N]c1ccccc1. The van der Waals surface area contributed by atoms with Crippen molar-refractivity contribution in [3.8, 4) is 0 Å². The molecule has 2 nitrogen and oxygen atoms in total. The maximum atomic E-state index is 9.87. The van der Waals surface area contributed by atoms with E-state index < -0.39 is 7.81 Å². The number of benzene rings is 2. The minimum absolute atomic E-state index is 0. The molecule has 0 saturated heterocycles. The van der Waals surface area contributed by atoms with Gasteiger partial charge in [0, 0.05) is 5.92 Å². The van der Waals surface area contributed by atoms with Gasteiger partial charge in [-0.3, -0.25) is 0 Å². The molecule has 33 heavy (non-hydrogen) atoms. The van der Waals surface area contributed by atoms with E-state index in [1.54, 1.807) is 12.1 Å². The first-order chi connectivity index (χ1) is 14.3. The van der Waals surface area contributed by atoms with Gasteiger partial charge in [0.15, 0.2) is 0 Å². The van der Waals surface area contributed by atoms with E-state index in [-0.39, 0.29) is 7.43 Å². The Bertz CT molecular complexity index is 906. The van der Waals surface area contributed by atoms with Crippen LogP contribution in [0.15, 0.2) is 86.5 Å². The Kier molecular flexibility index (Phi) is 12.8. The van der Waals surface area contributed by atoms with Crippen molar-refractivity contribution < 1.29 is 44.8 Å². The maximum absolute atomic E-state index is 10.7. The number of rotatable bonds is 1. The van der Waals surface area contributed by atoms with Crippen LogP contribution in [0.3, 0.4) is 0 Å². The summed E-state index contributed by atoms with van der Waals surface area (Å²) in [6, 6.07) is 19.1. The summed E-state index contributed by atoms with van der Waals surface area (Å²) in [4.78, 5) is 0. The van der Waals surface area contributed by atoms with Gasteiger partial charge in [-0.15, -0.1) is 5.69 Å². The Morgan fingerprint density at radius 2 is 0.939 bits per heavy atom. The second-order valence-electron chi connectivity index (χ2n) is 6.88. The fourth-order valence-electron chi connectivity index (χ4n) is 2.33. The van der Waals surface area contributed by atoms with Crippen LogP contribution in [0.5, 0.6) is 0 Å². The number of hydrogen-bond acceptors (Lipinski definition) is 1. The van der Waals surface area contributed by atoms with Gasteiger partial charge in [0.25, 0.3) is 0 Å². The molecule has 0 aromatic heterocycles. The van der Waals surface area contributed by atoms with Crippen LogP contribution in [-0.4, -0.2) is 0 Å². The molecule has 2 aromatic carbocycles. The molecule has 0 bridgehead atoms. The molecule has 0 unspecified atom stereocenters. The van der Waals surface area contributed by atoms with Crippen molar-refractivity contribution in [3.05, 3.63) is 102 Å². The van der Waals surface area contributed by atoms with Gasteiger partial charge in [-0.25, -0.2) is 0 Å². The van der Waals surface area contributed by atoms with Gasteiger partial charge in [-0.1, -0.05) is 48.4 Å². The zero-order valence-corrected chi connectivity index (χ0v) is 23.2. The van der Waals surface area contributed by atoms with Crippen LogP contribution >= 0.6 is 7.81 Å². The predicted octanol–water partition coefficient (Wildman–Crippen LogP) is 11.5. The molecule has 1 radical (unpaired) electrons. The van der Waals surface area contributed by atoms with Gasteiger partial charge < -0.3 is 13.2 Å². The summed E-state index contributed by atoms with van der Waals surface area (Å²) in [7, 11) is -10.7. The van der Waals surface area contributed by atoms with Gasteiger partial charge in [-0.05, 0) is 38.8 Å². The van der Waals surface area contributed by atoms with Crippen molar-refractivity contribution in [2.75, 3.05) is 0 Å². The van der Waals surface area contributed by atoms with Crippen LogP contribution in [0.4, 0.5) is 36.6 Å². The topological polar surface area (TPSA) is 36.2 Å². The molecule has 0 amide bonds. The quantitative estimate of drug-likeness (QED) is 0.166. The molecule has 0 fully saturated rings. The molecule has 1 N–H and O–H groups in total. The molecule has 2 aromatic rings. The molecular weight excluding hydrogens is 633 g/mol. The Morgan fingerprint density at radius 1 is 0.636 bits per heavy atom. The molecular formula is C23H29F6N2PW-3. The van der Waals surface area contributed by atoms with Crippen molar-refractivity contribution in [1.82, 2.24) is 0 Å². The third-order valence-corrected chi connectivity index (χ3v) is 5.21. The summed E-state index contributed by atoms with van der Waals surface area (Å²) >= 11 is 1.26. The van der Waals surface area contributed by atoms with Gasteiger partial charge in [0.1, 0.15) is 0 Å². The summed E-state index contributed by atoms with van der Waals surface area (Å²) in [6.07, 6.45) is 0. The minimum atomic E-state index is -10.7. The first-order valence-electron chi connectivity index (χ1n) is 9.24. The predicted molar refractivity (Wildman–Crippen MR) is 125 cm³/mol. The summed E-state index contributed by atoms with van der Waals surface area (Å²) < 4.78 is 63.2. The fraction of sp³-hybridized carbons (Fsp3) is 0.217. The molecule has 0 spiro atoms. The van der Waals surface area contributed by atoms with Crippen molar-refractivity contribution in [2.24, 2.45) is 3.50 Å². The van der Waals surface area contributed by atoms with Crippen LogP contribution in [-0.2, 0) is 19.6 Å².